The van der Waals surface area contributed by atoms with Crippen molar-refractivity contribution < 1.29 is 4.79 Å². The van der Waals surface area contributed by atoms with E-state index in [1.807, 2.05) is 18.0 Å². The van der Waals surface area contributed by atoms with Crippen molar-refractivity contribution in [2.45, 2.75) is 19.8 Å². The number of nitrogens with zero attached hydrogens (tertiary/aromatic N) is 2. The van der Waals surface area contributed by atoms with Gasteiger partial charge < -0.3 is 16.0 Å². The second-order valence-corrected chi connectivity index (χ2v) is 4.99. The van der Waals surface area contributed by atoms with Gasteiger partial charge in [-0.3, -0.25) is 4.79 Å². The Morgan fingerprint density at radius 2 is 2.28 bits per heavy atom. The van der Waals surface area contributed by atoms with E-state index in [1.165, 1.54) is 11.3 Å². The monoisotopic (exact) mass is 266 g/mol. The van der Waals surface area contributed by atoms with Crippen LogP contribution in [-0.2, 0) is 0 Å². The third-order valence-electron chi connectivity index (χ3n) is 2.68. The number of carbonyl (C=O) groups is 1. The summed E-state index contributed by atoms with van der Waals surface area (Å²) in [6.07, 6.45) is 2.11. The average Bonchev–Trinajstić information content (AvgIpc) is 2.72. The van der Waals surface area contributed by atoms with E-state index in [-0.39, 0.29) is 11.6 Å². The second kappa shape index (κ2) is 6.26. The summed E-state index contributed by atoms with van der Waals surface area (Å²) in [6, 6.07) is 2.03. The van der Waals surface area contributed by atoms with Crippen LogP contribution in [0.1, 0.15) is 35.0 Å². The number of anilines is 2. The molecule has 0 saturated heterocycles. The quantitative estimate of drug-likeness (QED) is 0.851. The van der Waals surface area contributed by atoms with Crippen molar-refractivity contribution in [1.29, 1.82) is 5.26 Å². The summed E-state index contributed by atoms with van der Waals surface area (Å²) < 4.78 is 0. The molecular formula is C12H18N4OS. The molecule has 0 bridgehead atoms. The van der Waals surface area contributed by atoms with E-state index in [0.29, 0.717) is 10.4 Å². The maximum Gasteiger partial charge on any atom is 0.256 e. The lowest BCUT2D eigenvalue weighted by atomic mass is 10.2. The molecule has 0 unspecified atom stereocenters. The number of hydrogen-bond acceptors (Lipinski definition) is 5. The third-order valence-corrected chi connectivity index (χ3v) is 3.90. The summed E-state index contributed by atoms with van der Waals surface area (Å²) in [6.45, 7) is 2.95. The summed E-state index contributed by atoms with van der Waals surface area (Å²) >= 11 is 1.27. The Morgan fingerprint density at radius 3 is 2.78 bits per heavy atom. The molecule has 1 rings (SSSR count). The number of nitriles is 1. The van der Waals surface area contributed by atoms with Crippen LogP contribution in [0.5, 0.6) is 0 Å². The summed E-state index contributed by atoms with van der Waals surface area (Å²) in [5, 5.41) is 12.3. The van der Waals surface area contributed by atoms with E-state index in [2.05, 4.69) is 12.2 Å². The molecule has 98 valence electrons. The minimum absolute atomic E-state index is 0.247. The summed E-state index contributed by atoms with van der Waals surface area (Å²) in [5.74, 6) is -0.247. The maximum atomic E-state index is 11.8. The fraction of sp³-hybridized carbons (Fsp3) is 0.500. The number of nitrogens with one attached hydrogen (secondary N) is 1. The molecule has 6 heteroatoms. The van der Waals surface area contributed by atoms with Crippen molar-refractivity contribution in [2.75, 3.05) is 31.3 Å². The number of rotatable bonds is 5. The smallest absolute Gasteiger partial charge is 0.256 e. The summed E-state index contributed by atoms with van der Waals surface area (Å²) in [5.41, 5.74) is 6.55. The van der Waals surface area contributed by atoms with Gasteiger partial charge in [0.05, 0.1) is 11.3 Å². The molecule has 1 aromatic rings. The lowest BCUT2D eigenvalue weighted by molar-refractivity contribution is 0.0965. The molecule has 0 fully saturated rings. The Kier molecular flexibility index (Phi) is 4.98. The highest BCUT2D eigenvalue weighted by atomic mass is 32.1. The highest BCUT2D eigenvalue weighted by molar-refractivity contribution is 7.17. The molecule has 5 nitrogen and oxygen atoms in total. The van der Waals surface area contributed by atoms with E-state index < -0.39 is 0 Å². The van der Waals surface area contributed by atoms with Gasteiger partial charge in [-0.25, -0.2) is 0 Å². The molecule has 18 heavy (non-hydrogen) atoms. The second-order valence-electron chi connectivity index (χ2n) is 3.99. The molecule has 0 spiro atoms. The summed E-state index contributed by atoms with van der Waals surface area (Å²) in [7, 11) is 3.47. The molecule has 0 saturated carbocycles. The lowest BCUT2D eigenvalue weighted by Crippen LogP contribution is -2.24. The highest BCUT2D eigenvalue weighted by Gasteiger charge is 2.23. The van der Waals surface area contributed by atoms with Crippen LogP contribution < -0.4 is 16.0 Å². The zero-order chi connectivity index (χ0) is 13.7. The number of amides is 1. The molecule has 0 atom stereocenters. The van der Waals surface area contributed by atoms with Crippen LogP contribution in [0.3, 0.4) is 0 Å². The van der Waals surface area contributed by atoms with Crippen LogP contribution in [0.25, 0.3) is 0 Å². The highest BCUT2D eigenvalue weighted by Crippen LogP contribution is 2.37. The number of carbonyl (C=O) groups excluding carboxylic acids is 1. The van der Waals surface area contributed by atoms with E-state index >= 15 is 0 Å². The number of unbranched alkanes of at least 4 members (excludes halogenated alkanes) is 1. The van der Waals surface area contributed by atoms with Gasteiger partial charge in [-0.15, -0.1) is 11.3 Å². The number of hydrogen-bond donors (Lipinski definition) is 2. The fourth-order valence-electron chi connectivity index (χ4n) is 1.62. The summed E-state index contributed by atoms with van der Waals surface area (Å²) in [4.78, 5) is 14.2. The van der Waals surface area contributed by atoms with Gasteiger partial charge in [-0.05, 0) is 6.42 Å². The van der Waals surface area contributed by atoms with Gasteiger partial charge in [-0.2, -0.15) is 5.26 Å². The van der Waals surface area contributed by atoms with Crippen LogP contribution in [0, 0.1) is 11.3 Å². The van der Waals surface area contributed by atoms with Crippen LogP contribution in [0.4, 0.5) is 10.7 Å². The molecule has 1 aromatic heterocycles. The van der Waals surface area contributed by atoms with Crippen molar-refractivity contribution in [3.05, 3.63) is 10.4 Å². The number of nitrogen functional groups attached to an aromatic ring is 1. The molecule has 3 N–H and O–H groups in total. The zero-order valence-electron chi connectivity index (χ0n) is 10.9. The third kappa shape index (κ3) is 2.74. The molecule has 0 aliphatic carbocycles. The first-order valence-electron chi connectivity index (χ1n) is 5.82. The van der Waals surface area contributed by atoms with Gasteiger partial charge in [0.2, 0.25) is 0 Å². The normalized spacial score (nSPS) is 9.89. The number of thiophene rings is 1. The minimum atomic E-state index is -0.247. The van der Waals surface area contributed by atoms with E-state index in [1.54, 1.807) is 7.05 Å². The Balaban J connectivity index is 3.17. The van der Waals surface area contributed by atoms with Gasteiger partial charge in [0.25, 0.3) is 5.91 Å². The SMILES string of the molecule is CCCCN(C)c1sc(C#N)c(N)c1C(=O)NC. The number of nitrogens with two attached hydrogens (primary N) is 1. The Bertz CT molecular complexity index is 475. The van der Waals surface area contributed by atoms with Gasteiger partial charge >= 0.3 is 0 Å². The molecule has 1 heterocycles. The van der Waals surface area contributed by atoms with Gasteiger partial charge in [0.15, 0.2) is 0 Å². The zero-order valence-corrected chi connectivity index (χ0v) is 11.7. The van der Waals surface area contributed by atoms with Crippen molar-refractivity contribution in [1.82, 2.24) is 5.32 Å². The lowest BCUT2D eigenvalue weighted by Gasteiger charge is -2.18. The van der Waals surface area contributed by atoms with Gasteiger partial charge in [0.1, 0.15) is 15.9 Å². The van der Waals surface area contributed by atoms with Crippen LogP contribution in [0.15, 0.2) is 0 Å². The molecule has 0 radical (unpaired) electrons. The van der Waals surface area contributed by atoms with Crippen LogP contribution >= 0.6 is 11.3 Å². The first-order chi connectivity index (χ1) is 8.56. The standard InChI is InChI=1S/C12H18N4OS/c1-4-5-6-16(3)12-9(11(17)15-2)10(14)8(7-13)18-12/h4-6,14H2,1-3H3,(H,15,17). The Morgan fingerprint density at radius 1 is 1.61 bits per heavy atom. The van der Waals surface area contributed by atoms with Gasteiger partial charge in [-0.1, -0.05) is 13.3 Å². The molecule has 0 aliphatic rings. The van der Waals surface area contributed by atoms with Crippen molar-refractivity contribution in [3.8, 4) is 6.07 Å². The van der Waals surface area contributed by atoms with Crippen LogP contribution in [-0.4, -0.2) is 26.5 Å². The first kappa shape index (κ1) is 14.3. The largest absolute Gasteiger partial charge is 0.396 e. The predicted octanol–water partition coefficient (Wildman–Crippen LogP) is 1.80. The maximum absolute atomic E-state index is 11.8. The van der Waals surface area contributed by atoms with Crippen molar-refractivity contribution in [3.63, 3.8) is 0 Å². The fourth-order valence-corrected chi connectivity index (χ4v) is 2.63. The molecule has 0 aliphatic heterocycles. The van der Waals surface area contributed by atoms with Crippen LogP contribution in [0.2, 0.25) is 0 Å². The van der Waals surface area contributed by atoms with Crippen molar-refractivity contribution in [2.24, 2.45) is 0 Å². The topological polar surface area (TPSA) is 82.2 Å². The van der Waals surface area contributed by atoms with E-state index in [9.17, 15) is 4.79 Å². The minimum Gasteiger partial charge on any atom is -0.396 e. The Hall–Kier alpha value is -1.74. The predicted molar refractivity (Wildman–Crippen MR) is 75.0 cm³/mol. The van der Waals surface area contributed by atoms with E-state index in [4.69, 9.17) is 11.0 Å². The van der Waals surface area contributed by atoms with Crippen molar-refractivity contribution >= 4 is 27.9 Å². The molecular weight excluding hydrogens is 248 g/mol. The first-order valence-corrected chi connectivity index (χ1v) is 6.64. The molecule has 0 aromatic carbocycles. The van der Waals surface area contributed by atoms with Gasteiger partial charge in [0, 0.05) is 20.6 Å². The van der Waals surface area contributed by atoms with E-state index in [0.717, 1.165) is 24.4 Å². The molecule has 1 amide bonds. The average molecular weight is 266 g/mol. The Labute approximate surface area is 111 Å².